The van der Waals surface area contributed by atoms with Gasteiger partial charge in [0.15, 0.2) is 0 Å². The predicted molar refractivity (Wildman–Crippen MR) is 70.3 cm³/mol. The molecule has 1 saturated carbocycles. The zero-order valence-electron chi connectivity index (χ0n) is 10.7. The van der Waals surface area contributed by atoms with Gasteiger partial charge < -0.3 is 15.2 Å². The van der Waals surface area contributed by atoms with Crippen LogP contribution in [-0.4, -0.2) is 35.3 Å². The molecule has 0 spiro atoms. The van der Waals surface area contributed by atoms with E-state index in [1.54, 1.807) is 12.1 Å². The topological polar surface area (TPSA) is 84.6 Å². The molecule has 0 amide bonds. The Labute approximate surface area is 111 Å². The molecular formula is C13H18N2O4. The molecule has 1 fully saturated rings. The van der Waals surface area contributed by atoms with Crippen molar-refractivity contribution < 1.29 is 14.8 Å². The van der Waals surface area contributed by atoms with E-state index in [-0.39, 0.29) is 17.8 Å². The van der Waals surface area contributed by atoms with E-state index in [0.717, 1.165) is 19.3 Å². The smallest absolute Gasteiger partial charge is 0.269 e. The van der Waals surface area contributed by atoms with Crippen LogP contribution in [0, 0.1) is 10.1 Å². The third kappa shape index (κ3) is 3.42. The first-order valence-electron chi connectivity index (χ1n) is 6.38. The third-order valence-electron chi connectivity index (χ3n) is 3.53. The van der Waals surface area contributed by atoms with Crippen molar-refractivity contribution in [2.24, 2.45) is 0 Å². The zero-order chi connectivity index (χ0) is 13.7. The van der Waals surface area contributed by atoms with Crippen LogP contribution >= 0.6 is 0 Å². The molecule has 1 aromatic rings. The summed E-state index contributed by atoms with van der Waals surface area (Å²) in [5.74, 6) is 0.610. The van der Waals surface area contributed by atoms with Crippen molar-refractivity contribution >= 4 is 5.69 Å². The normalized spacial score (nSPS) is 16.7. The minimum Gasteiger partial charge on any atom is -0.492 e. The Balaban J connectivity index is 1.72. The Morgan fingerprint density at radius 3 is 2.53 bits per heavy atom. The maximum atomic E-state index is 10.5. The number of nitrogens with one attached hydrogen (secondary N) is 1. The van der Waals surface area contributed by atoms with Gasteiger partial charge in [0.25, 0.3) is 5.69 Å². The van der Waals surface area contributed by atoms with E-state index < -0.39 is 4.92 Å². The summed E-state index contributed by atoms with van der Waals surface area (Å²) in [4.78, 5) is 10.0. The van der Waals surface area contributed by atoms with Crippen LogP contribution in [0.2, 0.25) is 0 Å². The largest absolute Gasteiger partial charge is 0.492 e. The Morgan fingerprint density at radius 2 is 2.05 bits per heavy atom. The molecule has 0 radical (unpaired) electrons. The number of rotatable bonds is 7. The number of non-ortho nitro benzene ring substituents is 1. The summed E-state index contributed by atoms with van der Waals surface area (Å²) in [6.07, 6.45) is 3.15. The molecule has 0 bridgehead atoms. The number of aliphatic hydroxyl groups is 1. The van der Waals surface area contributed by atoms with Crippen molar-refractivity contribution in [1.29, 1.82) is 0 Å². The SMILES string of the molecule is O=[N+]([O-])c1ccc(OCCNC2(CO)CCC2)cc1. The molecule has 0 aliphatic heterocycles. The average molecular weight is 266 g/mol. The number of benzene rings is 1. The first-order chi connectivity index (χ1) is 9.15. The van der Waals surface area contributed by atoms with Gasteiger partial charge in [0, 0.05) is 24.2 Å². The number of hydrogen-bond acceptors (Lipinski definition) is 5. The molecule has 0 unspecified atom stereocenters. The predicted octanol–water partition coefficient (Wildman–Crippen LogP) is 1.48. The number of nitrogens with zero attached hydrogens (tertiary/aromatic N) is 1. The first-order valence-corrected chi connectivity index (χ1v) is 6.38. The van der Waals surface area contributed by atoms with Gasteiger partial charge in [0.1, 0.15) is 12.4 Å². The molecule has 2 N–H and O–H groups in total. The van der Waals surface area contributed by atoms with E-state index in [0.29, 0.717) is 18.9 Å². The van der Waals surface area contributed by atoms with Gasteiger partial charge in [-0.25, -0.2) is 0 Å². The number of ether oxygens (including phenoxy) is 1. The molecule has 0 saturated heterocycles. The van der Waals surface area contributed by atoms with Crippen LogP contribution in [0.5, 0.6) is 5.75 Å². The van der Waals surface area contributed by atoms with Gasteiger partial charge in [-0.05, 0) is 31.4 Å². The Kier molecular flexibility index (Phi) is 4.34. The van der Waals surface area contributed by atoms with Crippen LogP contribution < -0.4 is 10.1 Å². The van der Waals surface area contributed by atoms with Crippen LogP contribution in [0.15, 0.2) is 24.3 Å². The fourth-order valence-corrected chi connectivity index (χ4v) is 2.14. The Morgan fingerprint density at radius 1 is 1.37 bits per heavy atom. The van der Waals surface area contributed by atoms with Crippen LogP contribution in [0.4, 0.5) is 5.69 Å². The fourth-order valence-electron chi connectivity index (χ4n) is 2.14. The lowest BCUT2D eigenvalue weighted by Gasteiger charge is -2.41. The fraction of sp³-hybridized carbons (Fsp3) is 0.538. The lowest BCUT2D eigenvalue weighted by atomic mass is 9.77. The zero-order valence-corrected chi connectivity index (χ0v) is 10.7. The Hall–Kier alpha value is -1.66. The molecule has 104 valence electrons. The second-order valence-corrected chi connectivity index (χ2v) is 4.82. The lowest BCUT2D eigenvalue weighted by Crippen LogP contribution is -2.54. The van der Waals surface area contributed by atoms with E-state index in [1.165, 1.54) is 12.1 Å². The van der Waals surface area contributed by atoms with Crippen LogP contribution in [0.3, 0.4) is 0 Å². The van der Waals surface area contributed by atoms with Gasteiger partial charge in [-0.1, -0.05) is 0 Å². The molecular weight excluding hydrogens is 248 g/mol. The third-order valence-corrected chi connectivity index (χ3v) is 3.53. The molecule has 1 aliphatic carbocycles. The van der Waals surface area contributed by atoms with Crippen molar-refractivity contribution in [3.63, 3.8) is 0 Å². The summed E-state index contributed by atoms with van der Waals surface area (Å²) in [5, 5.41) is 23.1. The molecule has 1 aliphatic rings. The van der Waals surface area contributed by atoms with Gasteiger partial charge in [-0.3, -0.25) is 10.1 Å². The highest BCUT2D eigenvalue weighted by molar-refractivity contribution is 5.35. The number of nitro groups is 1. The van der Waals surface area contributed by atoms with Crippen molar-refractivity contribution in [2.45, 2.75) is 24.8 Å². The maximum Gasteiger partial charge on any atom is 0.269 e. The highest BCUT2D eigenvalue weighted by Gasteiger charge is 2.35. The van der Waals surface area contributed by atoms with E-state index >= 15 is 0 Å². The van der Waals surface area contributed by atoms with E-state index in [4.69, 9.17) is 4.74 Å². The summed E-state index contributed by atoms with van der Waals surface area (Å²) < 4.78 is 5.48. The van der Waals surface area contributed by atoms with E-state index in [9.17, 15) is 15.2 Å². The quantitative estimate of drug-likeness (QED) is 0.443. The summed E-state index contributed by atoms with van der Waals surface area (Å²) in [5.41, 5.74) is -0.0575. The summed E-state index contributed by atoms with van der Waals surface area (Å²) in [6, 6.07) is 6.01. The molecule has 1 aromatic carbocycles. The molecule has 0 aromatic heterocycles. The molecule has 6 heteroatoms. The van der Waals surface area contributed by atoms with Crippen LogP contribution in [-0.2, 0) is 0 Å². The van der Waals surface area contributed by atoms with Gasteiger partial charge >= 0.3 is 0 Å². The Bertz CT molecular complexity index is 423. The molecule has 6 nitrogen and oxygen atoms in total. The maximum absolute atomic E-state index is 10.5. The minimum atomic E-state index is -0.438. The van der Waals surface area contributed by atoms with E-state index in [1.807, 2.05) is 0 Å². The second kappa shape index (κ2) is 5.99. The van der Waals surface area contributed by atoms with Gasteiger partial charge in [-0.2, -0.15) is 0 Å². The highest BCUT2D eigenvalue weighted by Crippen LogP contribution is 2.30. The number of hydrogen-bond donors (Lipinski definition) is 2. The van der Waals surface area contributed by atoms with Gasteiger partial charge in [0.2, 0.25) is 0 Å². The minimum absolute atomic E-state index is 0.0548. The van der Waals surface area contributed by atoms with Crippen LogP contribution in [0.1, 0.15) is 19.3 Å². The van der Waals surface area contributed by atoms with Gasteiger partial charge in [-0.15, -0.1) is 0 Å². The van der Waals surface area contributed by atoms with Crippen molar-refractivity contribution in [1.82, 2.24) is 5.32 Å². The van der Waals surface area contributed by atoms with Crippen LogP contribution in [0.25, 0.3) is 0 Å². The monoisotopic (exact) mass is 266 g/mol. The molecule has 0 heterocycles. The number of aliphatic hydroxyl groups excluding tert-OH is 1. The molecule has 0 atom stereocenters. The van der Waals surface area contributed by atoms with Crippen molar-refractivity contribution in [3.05, 3.63) is 34.4 Å². The van der Waals surface area contributed by atoms with Gasteiger partial charge in [0.05, 0.1) is 11.5 Å². The highest BCUT2D eigenvalue weighted by atomic mass is 16.6. The molecule has 19 heavy (non-hydrogen) atoms. The average Bonchev–Trinajstić information content (AvgIpc) is 2.37. The lowest BCUT2D eigenvalue weighted by molar-refractivity contribution is -0.384. The molecule has 2 rings (SSSR count). The van der Waals surface area contributed by atoms with E-state index in [2.05, 4.69) is 5.32 Å². The first kappa shape index (κ1) is 13.8. The standard InChI is InChI=1S/C13H18N2O4/c16-10-13(6-1-7-13)14-8-9-19-12-4-2-11(3-5-12)15(17)18/h2-5,14,16H,1,6-10H2. The summed E-state index contributed by atoms with van der Waals surface area (Å²) >= 11 is 0. The summed E-state index contributed by atoms with van der Waals surface area (Å²) in [6.45, 7) is 1.28. The summed E-state index contributed by atoms with van der Waals surface area (Å²) in [7, 11) is 0. The van der Waals surface area contributed by atoms with Crippen molar-refractivity contribution in [3.8, 4) is 5.75 Å². The second-order valence-electron chi connectivity index (χ2n) is 4.82. The van der Waals surface area contributed by atoms with Crippen molar-refractivity contribution in [2.75, 3.05) is 19.8 Å². The number of nitro benzene ring substituents is 1.